The summed E-state index contributed by atoms with van der Waals surface area (Å²) in [4.78, 5) is 14.7. The van der Waals surface area contributed by atoms with E-state index in [0.717, 1.165) is 38.8 Å². The number of carbonyl (C=O) groups excluding carboxylic acids is 1. The van der Waals surface area contributed by atoms with Crippen molar-refractivity contribution >= 4 is 5.91 Å². The number of aliphatic hydroxyl groups is 3. The molecule has 0 unspecified atom stereocenters. The number of rotatable bonds is 9. The van der Waals surface area contributed by atoms with Gasteiger partial charge in [0.15, 0.2) is 0 Å². The first-order chi connectivity index (χ1) is 12.5. The van der Waals surface area contributed by atoms with Gasteiger partial charge in [-0.25, -0.2) is 0 Å². The van der Waals surface area contributed by atoms with Gasteiger partial charge in [-0.1, -0.05) is 38.8 Å². The highest BCUT2D eigenvalue weighted by Crippen LogP contribution is 2.33. The van der Waals surface area contributed by atoms with Crippen LogP contribution in [-0.2, 0) is 4.74 Å². The minimum Gasteiger partial charge on any atom is -0.394 e. The van der Waals surface area contributed by atoms with Gasteiger partial charge in [-0.05, 0) is 30.5 Å². The van der Waals surface area contributed by atoms with Crippen LogP contribution in [0.2, 0.25) is 0 Å². The number of hydrogen-bond acceptors (Lipinski definition) is 5. The Hall–Kier alpha value is -1.47. The van der Waals surface area contributed by atoms with E-state index < -0.39 is 24.4 Å². The first kappa shape index (κ1) is 20.8. The summed E-state index contributed by atoms with van der Waals surface area (Å²) in [6.45, 7) is 5.38. The number of aliphatic hydroxyl groups excluding tert-OH is 3. The molecule has 4 atom stereocenters. The molecule has 6 nitrogen and oxygen atoms in total. The fourth-order valence-electron chi connectivity index (χ4n) is 3.19. The van der Waals surface area contributed by atoms with Gasteiger partial charge in [-0.2, -0.15) is 0 Å². The highest BCUT2D eigenvalue weighted by atomic mass is 16.6. The molecule has 2 rings (SSSR count). The molecule has 1 saturated heterocycles. The molecular weight excluding hydrogens is 334 g/mol. The van der Waals surface area contributed by atoms with Crippen LogP contribution in [0.1, 0.15) is 61.6 Å². The molecule has 0 aromatic heterocycles. The van der Waals surface area contributed by atoms with E-state index >= 15 is 0 Å². The number of hydrogen-bond donors (Lipinski definition) is 3. The summed E-state index contributed by atoms with van der Waals surface area (Å²) < 4.78 is 5.53. The van der Waals surface area contributed by atoms with Crippen LogP contribution in [0.15, 0.2) is 24.3 Å². The molecule has 0 bridgehead atoms. The summed E-state index contributed by atoms with van der Waals surface area (Å²) >= 11 is 0. The molecule has 3 N–H and O–H groups in total. The maximum atomic E-state index is 12.8. The Labute approximate surface area is 155 Å². The standard InChI is InChI=1S/C20H31NO5/c1-3-5-11-21(12-6-4-2)20(25)15-9-7-14(8-10-15)19-18(24)17(23)16(13-22)26-19/h7-10,16-19,22-24H,3-6,11-13H2,1-2H3/t16-,17-,18-,19+/m1/s1. The van der Waals surface area contributed by atoms with Crippen LogP contribution in [-0.4, -0.2) is 64.1 Å². The summed E-state index contributed by atoms with van der Waals surface area (Å²) in [5, 5.41) is 29.2. The molecule has 1 heterocycles. The second-order valence-electron chi connectivity index (χ2n) is 6.88. The topological polar surface area (TPSA) is 90.2 Å². The van der Waals surface area contributed by atoms with Gasteiger partial charge in [0.25, 0.3) is 5.91 Å². The van der Waals surface area contributed by atoms with Crippen LogP contribution in [0.4, 0.5) is 0 Å². The second kappa shape index (κ2) is 10.0. The lowest BCUT2D eigenvalue weighted by molar-refractivity contribution is -0.0227. The molecular formula is C20H31NO5. The molecule has 0 aliphatic carbocycles. The zero-order valence-electron chi connectivity index (χ0n) is 15.7. The normalized spacial score (nSPS) is 25.4. The molecule has 1 amide bonds. The lowest BCUT2D eigenvalue weighted by Crippen LogP contribution is -2.33. The molecule has 0 saturated carbocycles. The summed E-state index contributed by atoms with van der Waals surface area (Å²) in [5.41, 5.74) is 1.28. The van der Waals surface area contributed by atoms with Crippen molar-refractivity contribution in [3.63, 3.8) is 0 Å². The van der Waals surface area contributed by atoms with Crippen molar-refractivity contribution in [2.24, 2.45) is 0 Å². The largest absolute Gasteiger partial charge is 0.394 e. The summed E-state index contributed by atoms with van der Waals surface area (Å²) in [6.07, 6.45) is 0.327. The minimum absolute atomic E-state index is 0.0135. The van der Waals surface area contributed by atoms with Crippen molar-refractivity contribution in [2.75, 3.05) is 19.7 Å². The lowest BCUT2D eigenvalue weighted by atomic mass is 10.00. The maximum Gasteiger partial charge on any atom is 0.253 e. The van der Waals surface area contributed by atoms with E-state index in [9.17, 15) is 20.1 Å². The third-order valence-corrected chi connectivity index (χ3v) is 4.88. The minimum atomic E-state index is -1.12. The molecule has 1 aromatic carbocycles. The molecule has 1 fully saturated rings. The zero-order valence-corrected chi connectivity index (χ0v) is 15.7. The van der Waals surface area contributed by atoms with E-state index in [1.165, 1.54) is 0 Å². The summed E-state index contributed by atoms with van der Waals surface area (Å²) in [7, 11) is 0. The number of benzene rings is 1. The van der Waals surface area contributed by atoms with Gasteiger partial charge in [0.1, 0.15) is 24.4 Å². The third-order valence-electron chi connectivity index (χ3n) is 4.88. The predicted molar refractivity (Wildman–Crippen MR) is 98.9 cm³/mol. The second-order valence-corrected chi connectivity index (χ2v) is 6.88. The Bertz CT molecular complexity index is 554. The van der Waals surface area contributed by atoms with Crippen molar-refractivity contribution < 1.29 is 24.9 Å². The van der Waals surface area contributed by atoms with Crippen molar-refractivity contribution in [1.29, 1.82) is 0 Å². The fourth-order valence-corrected chi connectivity index (χ4v) is 3.19. The predicted octanol–water partition coefficient (Wildman–Crippen LogP) is 1.88. The Morgan fingerprint density at radius 2 is 1.62 bits per heavy atom. The van der Waals surface area contributed by atoms with E-state index in [4.69, 9.17) is 4.74 Å². The first-order valence-corrected chi connectivity index (χ1v) is 9.55. The summed E-state index contributed by atoms with van der Waals surface area (Å²) in [6, 6.07) is 6.95. The molecule has 1 aromatic rings. The number of unbranched alkanes of at least 4 members (excludes halogenated alkanes) is 2. The van der Waals surface area contributed by atoms with E-state index in [0.29, 0.717) is 11.1 Å². The molecule has 26 heavy (non-hydrogen) atoms. The van der Waals surface area contributed by atoms with Gasteiger partial charge < -0.3 is 25.0 Å². The Balaban J connectivity index is 2.08. The van der Waals surface area contributed by atoms with Crippen LogP contribution >= 0.6 is 0 Å². The maximum absolute atomic E-state index is 12.8. The number of amides is 1. The van der Waals surface area contributed by atoms with Gasteiger partial charge in [0, 0.05) is 18.7 Å². The monoisotopic (exact) mass is 365 g/mol. The molecule has 1 aliphatic heterocycles. The Morgan fingerprint density at radius 3 is 2.08 bits per heavy atom. The van der Waals surface area contributed by atoms with Crippen LogP contribution in [0, 0.1) is 0 Å². The average Bonchev–Trinajstić information content (AvgIpc) is 2.96. The van der Waals surface area contributed by atoms with Gasteiger partial charge >= 0.3 is 0 Å². The molecule has 0 radical (unpaired) electrons. The third kappa shape index (κ3) is 4.82. The SMILES string of the molecule is CCCCN(CCCC)C(=O)c1ccc([C@@H]2O[C@H](CO)[C@@H](O)[C@H]2O)cc1. The highest BCUT2D eigenvalue weighted by molar-refractivity contribution is 5.94. The van der Waals surface area contributed by atoms with Gasteiger partial charge in [-0.15, -0.1) is 0 Å². The first-order valence-electron chi connectivity index (χ1n) is 9.55. The van der Waals surface area contributed by atoms with Crippen molar-refractivity contribution in [2.45, 2.75) is 63.9 Å². The Morgan fingerprint density at radius 1 is 1.04 bits per heavy atom. The zero-order chi connectivity index (χ0) is 19.1. The molecule has 1 aliphatic rings. The van der Waals surface area contributed by atoms with Crippen LogP contribution < -0.4 is 0 Å². The quantitative estimate of drug-likeness (QED) is 0.622. The highest BCUT2D eigenvalue weighted by Gasteiger charge is 2.42. The molecule has 0 spiro atoms. The number of ether oxygens (including phenoxy) is 1. The summed E-state index contributed by atoms with van der Waals surface area (Å²) in [5.74, 6) is 0.0135. The van der Waals surface area contributed by atoms with Crippen LogP contribution in [0.25, 0.3) is 0 Å². The van der Waals surface area contributed by atoms with Crippen LogP contribution in [0.5, 0.6) is 0 Å². The molecule has 6 heteroatoms. The van der Waals surface area contributed by atoms with Gasteiger partial charge in [0.05, 0.1) is 6.61 Å². The van der Waals surface area contributed by atoms with E-state index in [1.807, 2.05) is 4.90 Å². The van der Waals surface area contributed by atoms with Crippen molar-refractivity contribution in [3.05, 3.63) is 35.4 Å². The molecule has 146 valence electrons. The number of nitrogens with zero attached hydrogens (tertiary/aromatic N) is 1. The fraction of sp³-hybridized carbons (Fsp3) is 0.650. The Kier molecular flexibility index (Phi) is 8.03. The number of carbonyl (C=O) groups is 1. The van der Waals surface area contributed by atoms with Crippen LogP contribution in [0.3, 0.4) is 0 Å². The van der Waals surface area contributed by atoms with E-state index in [1.54, 1.807) is 24.3 Å². The van der Waals surface area contributed by atoms with E-state index in [2.05, 4.69) is 13.8 Å². The smallest absolute Gasteiger partial charge is 0.253 e. The van der Waals surface area contributed by atoms with Crippen molar-refractivity contribution in [3.8, 4) is 0 Å². The lowest BCUT2D eigenvalue weighted by Gasteiger charge is -2.23. The van der Waals surface area contributed by atoms with Gasteiger partial charge in [0.2, 0.25) is 0 Å². The average molecular weight is 365 g/mol. The van der Waals surface area contributed by atoms with Gasteiger partial charge in [-0.3, -0.25) is 4.79 Å². The van der Waals surface area contributed by atoms with E-state index in [-0.39, 0.29) is 12.5 Å². The van der Waals surface area contributed by atoms with Crippen molar-refractivity contribution in [1.82, 2.24) is 4.90 Å².